The molecule has 146 valence electrons. The van der Waals surface area contributed by atoms with Crippen LogP contribution >= 0.6 is 35.4 Å². The summed E-state index contributed by atoms with van der Waals surface area (Å²) in [7, 11) is 0. The third kappa shape index (κ3) is 3.90. The summed E-state index contributed by atoms with van der Waals surface area (Å²) in [5, 5.41) is 5.22. The third-order valence-electron chi connectivity index (χ3n) is 5.19. The van der Waals surface area contributed by atoms with Gasteiger partial charge in [-0.05, 0) is 54.9 Å². The molecule has 28 heavy (non-hydrogen) atoms. The lowest BCUT2D eigenvalue weighted by atomic mass is 10.0. The first-order valence-corrected chi connectivity index (χ1v) is 10.4. The molecule has 1 fully saturated rings. The van der Waals surface area contributed by atoms with E-state index in [4.69, 9.17) is 35.4 Å². The topological polar surface area (TPSA) is 53.1 Å². The van der Waals surface area contributed by atoms with E-state index < -0.39 is 0 Å². The average Bonchev–Trinajstić information content (AvgIpc) is 3.03. The number of fused-ring (bicyclic) bond motifs is 1. The number of benzene rings is 2. The van der Waals surface area contributed by atoms with Crippen LogP contribution in [0.15, 0.2) is 47.3 Å². The Morgan fingerprint density at radius 3 is 2.68 bits per heavy atom. The maximum absolute atomic E-state index is 12.4. The van der Waals surface area contributed by atoms with Crippen LogP contribution in [-0.2, 0) is 6.54 Å². The molecule has 0 spiro atoms. The summed E-state index contributed by atoms with van der Waals surface area (Å²) < 4.78 is 1.89. The number of aromatic amines is 1. The number of thiocarbonyl (C=S) groups is 1. The first-order valence-electron chi connectivity index (χ1n) is 9.19. The summed E-state index contributed by atoms with van der Waals surface area (Å²) in [5.41, 5.74) is 2.75. The van der Waals surface area contributed by atoms with Gasteiger partial charge in [0.25, 0.3) is 0 Å². The molecule has 1 aliphatic heterocycles. The molecule has 5 nitrogen and oxygen atoms in total. The molecule has 0 aliphatic carbocycles. The number of imidazole rings is 1. The molecule has 2 aromatic carbocycles. The molecule has 0 amide bonds. The van der Waals surface area contributed by atoms with Gasteiger partial charge in [0.05, 0.1) is 11.0 Å². The standard InChI is InChI=1S/C20H20Cl2N4OS/c21-14-6-5-13(16(22)11-14)12-23-20(28)25-9-7-15(8-10-25)26-18-4-2-1-3-17(18)24-19(26)27/h1-6,11,15H,7-10,12H2,(H,23,28)(H,24,27). The van der Waals surface area contributed by atoms with E-state index in [1.54, 1.807) is 6.07 Å². The Hall–Kier alpha value is -2.02. The molecular formula is C20H20Cl2N4OS. The third-order valence-corrected chi connectivity index (χ3v) is 6.18. The van der Waals surface area contributed by atoms with Gasteiger partial charge in [-0.2, -0.15) is 0 Å². The summed E-state index contributed by atoms with van der Waals surface area (Å²) in [4.78, 5) is 17.5. The first-order chi connectivity index (χ1) is 13.5. The molecule has 0 bridgehead atoms. The van der Waals surface area contributed by atoms with Gasteiger partial charge >= 0.3 is 5.69 Å². The SMILES string of the molecule is O=c1[nH]c2ccccc2n1C1CCN(C(=S)NCc2ccc(Cl)cc2Cl)CC1. The summed E-state index contributed by atoms with van der Waals surface area (Å²) >= 11 is 17.7. The van der Waals surface area contributed by atoms with Gasteiger partial charge in [-0.1, -0.05) is 41.4 Å². The van der Waals surface area contributed by atoms with Crippen LogP contribution in [0.1, 0.15) is 24.4 Å². The van der Waals surface area contributed by atoms with E-state index in [2.05, 4.69) is 15.2 Å². The van der Waals surface area contributed by atoms with Crippen molar-refractivity contribution in [2.24, 2.45) is 0 Å². The van der Waals surface area contributed by atoms with Crippen molar-refractivity contribution in [1.82, 2.24) is 19.8 Å². The first kappa shape index (κ1) is 19.3. The molecule has 8 heteroatoms. The molecule has 1 saturated heterocycles. The predicted molar refractivity (Wildman–Crippen MR) is 118 cm³/mol. The lowest BCUT2D eigenvalue weighted by Gasteiger charge is -2.34. The number of hydrogen-bond donors (Lipinski definition) is 2. The molecule has 0 radical (unpaired) electrons. The lowest BCUT2D eigenvalue weighted by molar-refractivity contribution is 0.264. The van der Waals surface area contributed by atoms with Crippen LogP contribution in [0.5, 0.6) is 0 Å². The number of halogens is 2. The summed E-state index contributed by atoms with van der Waals surface area (Å²) in [5.74, 6) is 0. The van der Waals surface area contributed by atoms with E-state index >= 15 is 0 Å². The van der Waals surface area contributed by atoms with Crippen molar-refractivity contribution in [3.05, 3.63) is 68.6 Å². The number of piperidine rings is 1. The van der Waals surface area contributed by atoms with Crippen molar-refractivity contribution in [2.75, 3.05) is 13.1 Å². The van der Waals surface area contributed by atoms with Crippen molar-refractivity contribution in [1.29, 1.82) is 0 Å². The van der Waals surface area contributed by atoms with Crippen LogP contribution in [0, 0.1) is 0 Å². The molecule has 3 aromatic rings. The Labute approximate surface area is 178 Å². The van der Waals surface area contributed by atoms with Crippen LogP contribution in [0.2, 0.25) is 10.0 Å². The van der Waals surface area contributed by atoms with Crippen molar-refractivity contribution >= 4 is 51.6 Å². The molecule has 0 unspecified atom stereocenters. The fourth-order valence-corrected chi connectivity index (χ4v) is 4.44. The highest BCUT2D eigenvalue weighted by molar-refractivity contribution is 7.80. The van der Waals surface area contributed by atoms with E-state index in [-0.39, 0.29) is 11.7 Å². The van der Waals surface area contributed by atoms with Crippen LogP contribution in [0.4, 0.5) is 0 Å². The van der Waals surface area contributed by atoms with E-state index in [0.29, 0.717) is 21.7 Å². The second kappa shape index (κ2) is 8.15. The molecule has 0 saturated carbocycles. The minimum Gasteiger partial charge on any atom is -0.358 e. The van der Waals surface area contributed by atoms with Crippen molar-refractivity contribution in [2.45, 2.75) is 25.4 Å². The number of nitrogens with zero attached hydrogens (tertiary/aromatic N) is 2. The number of H-pyrrole nitrogens is 1. The number of para-hydroxylation sites is 2. The fraction of sp³-hybridized carbons (Fsp3) is 0.300. The second-order valence-corrected chi connectivity index (χ2v) is 8.16. The summed E-state index contributed by atoms with van der Waals surface area (Å²) in [6.45, 7) is 2.16. The van der Waals surface area contributed by atoms with Crippen LogP contribution < -0.4 is 11.0 Å². The quantitative estimate of drug-likeness (QED) is 0.601. The zero-order chi connectivity index (χ0) is 19.7. The highest BCUT2D eigenvalue weighted by Gasteiger charge is 2.24. The Kier molecular flexibility index (Phi) is 5.62. The summed E-state index contributed by atoms with van der Waals surface area (Å²) in [6, 6.07) is 13.4. The number of likely N-dealkylation sites (tertiary alicyclic amines) is 1. The maximum atomic E-state index is 12.4. The zero-order valence-electron chi connectivity index (χ0n) is 15.1. The van der Waals surface area contributed by atoms with Crippen molar-refractivity contribution in [3.8, 4) is 0 Å². The Bertz CT molecular complexity index is 1070. The monoisotopic (exact) mass is 434 g/mol. The molecule has 0 atom stereocenters. The van der Waals surface area contributed by atoms with E-state index in [1.165, 1.54) is 0 Å². The minimum atomic E-state index is -0.0438. The van der Waals surface area contributed by atoms with Gasteiger partial charge in [0, 0.05) is 35.7 Å². The van der Waals surface area contributed by atoms with E-state index in [1.807, 2.05) is 41.0 Å². The van der Waals surface area contributed by atoms with Crippen molar-refractivity contribution in [3.63, 3.8) is 0 Å². The number of hydrogen-bond acceptors (Lipinski definition) is 2. The van der Waals surface area contributed by atoms with Crippen LogP contribution in [-0.4, -0.2) is 32.7 Å². The zero-order valence-corrected chi connectivity index (χ0v) is 17.4. The summed E-state index contributed by atoms with van der Waals surface area (Å²) in [6.07, 6.45) is 1.73. The fourth-order valence-electron chi connectivity index (χ4n) is 3.71. The smallest absolute Gasteiger partial charge is 0.326 e. The van der Waals surface area contributed by atoms with E-state index in [0.717, 1.165) is 42.5 Å². The number of nitrogens with one attached hydrogen (secondary N) is 2. The largest absolute Gasteiger partial charge is 0.358 e. The molecule has 4 rings (SSSR count). The average molecular weight is 435 g/mol. The van der Waals surface area contributed by atoms with Crippen LogP contribution in [0.3, 0.4) is 0 Å². The Morgan fingerprint density at radius 1 is 1.18 bits per heavy atom. The molecule has 1 aromatic heterocycles. The lowest BCUT2D eigenvalue weighted by Crippen LogP contribution is -2.45. The van der Waals surface area contributed by atoms with Gasteiger partial charge in [-0.15, -0.1) is 0 Å². The van der Waals surface area contributed by atoms with Crippen molar-refractivity contribution < 1.29 is 0 Å². The van der Waals surface area contributed by atoms with Gasteiger partial charge in [0.1, 0.15) is 0 Å². The predicted octanol–water partition coefficient (Wildman–Crippen LogP) is 4.35. The van der Waals surface area contributed by atoms with E-state index in [9.17, 15) is 4.79 Å². The van der Waals surface area contributed by atoms with Crippen LogP contribution in [0.25, 0.3) is 11.0 Å². The molecule has 1 aliphatic rings. The van der Waals surface area contributed by atoms with Gasteiger partial charge in [-0.25, -0.2) is 4.79 Å². The highest BCUT2D eigenvalue weighted by Crippen LogP contribution is 2.25. The van der Waals surface area contributed by atoms with Gasteiger partial charge in [-0.3, -0.25) is 4.57 Å². The Balaban J connectivity index is 1.37. The normalized spacial score (nSPS) is 15.1. The molecule has 2 heterocycles. The Morgan fingerprint density at radius 2 is 1.93 bits per heavy atom. The number of rotatable bonds is 3. The van der Waals surface area contributed by atoms with Gasteiger partial charge in [0.15, 0.2) is 5.11 Å². The van der Waals surface area contributed by atoms with Gasteiger partial charge in [0.2, 0.25) is 0 Å². The minimum absolute atomic E-state index is 0.0438. The molecule has 2 N–H and O–H groups in total. The molecular weight excluding hydrogens is 415 g/mol. The number of aromatic nitrogens is 2. The maximum Gasteiger partial charge on any atom is 0.326 e. The second-order valence-electron chi connectivity index (χ2n) is 6.93. The van der Waals surface area contributed by atoms with Gasteiger partial charge < -0.3 is 15.2 Å². The highest BCUT2D eigenvalue weighted by atomic mass is 35.5.